The summed E-state index contributed by atoms with van der Waals surface area (Å²) in [6, 6.07) is 8.50. The van der Waals surface area contributed by atoms with Gasteiger partial charge in [0, 0.05) is 12.1 Å². The lowest BCUT2D eigenvalue weighted by Gasteiger charge is -2.26. The lowest BCUT2D eigenvalue weighted by atomic mass is 10.1. The van der Waals surface area contributed by atoms with E-state index in [1.807, 2.05) is 29.2 Å². The number of ether oxygens (including phenoxy) is 1. The van der Waals surface area contributed by atoms with Gasteiger partial charge in [-0.25, -0.2) is 0 Å². The molecule has 0 spiro atoms. The molecule has 0 aliphatic heterocycles. The average Bonchev–Trinajstić information content (AvgIpc) is 3.13. The van der Waals surface area contributed by atoms with Crippen LogP contribution in [0.4, 0.5) is 0 Å². The Morgan fingerprint density at radius 2 is 2.17 bits per heavy atom. The number of nitrogens with zero attached hydrogens (tertiary/aromatic N) is 1. The molecular weight excluding hydrogens is 226 g/mol. The van der Waals surface area contributed by atoms with Crippen molar-refractivity contribution in [1.82, 2.24) is 4.90 Å². The molecule has 1 amide bonds. The maximum absolute atomic E-state index is 12.3. The van der Waals surface area contributed by atoms with Crippen molar-refractivity contribution in [3.8, 4) is 5.75 Å². The number of hydrogen-bond donors (Lipinski definition) is 0. The van der Waals surface area contributed by atoms with Crippen molar-refractivity contribution in [2.75, 3.05) is 7.11 Å². The molecule has 0 radical (unpaired) electrons. The zero-order chi connectivity index (χ0) is 13.1. The molecule has 0 saturated heterocycles. The minimum atomic E-state index is 0.223. The Morgan fingerprint density at radius 3 is 2.72 bits per heavy atom. The standard InChI is InChI=1S/C15H21NO2/c1-11(2)16(13-7-8-13)15(17)10-12-5-4-6-14(9-12)18-3/h4-6,9,11,13H,7-8,10H2,1-3H3. The van der Waals surface area contributed by atoms with Gasteiger partial charge in [0.1, 0.15) is 5.75 Å². The van der Waals surface area contributed by atoms with Crippen LogP contribution in [-0.2, 0) is 11.2 Å². The highest BCUT2D eigenvalue weighted by molar-refractivity contribution is 5.79. The fourth-order valence-corrected chi connectivity index (χ4v) is 2.31. The van der Waals surface area contributed by atoms with E-state index < -0.39 is 0 Å². The summed E-state index contributed by atoms with van der Waals surface area (Å²) in [5.74, 6) is 1.03. The normalized spacial score (nSPS) is 14.7. The first-order valence-corrected chi connectivity index (χ1v) is 6.56. The van der Waals surface area contributed by atoms with Gasteiger partial charge >= 0.3 is 0 Å². The SMILES string of the molecule is COc1cccc(CC(=O)N(C(C)C)C2CC2)c1. The van der Waals surface area contributed by atoms with Crippen LogP contribution in [-0.4, -0.2) is 30.0 Å². The molecule has 0 atom stereocenters. The Hall–Kier alpha value is -1.51. The minimum Gasteiger partial charge on any atom is -0.497 e. The number of methoxy groups -OCH3 is 1. The van der Waals surface area contributed by atoms with Crippen LogP contribution in [0.2, 0.25) is 0 Å². The Kier molecular flexibility index (Phi) is 3.90. The first-order valence-electron chi connectivity index (χ1n) is 6.56. The van der Waals surface area contributed by atoms with E-state index in [-0.39, 0.29) is 11.9 Å². The fraction of sp³-hybridized carbons (Fsp3) is 0.533. The van der Waals surface area contributed by atoms with Crippen molar-refractivity contribution < 1.29 is 9.53 Å². The molecule has 2 rings (SSSR count). The Labute approximate surface area is 109 Å². The van der Waals surface area contributed by atoms with Crippen molar-refractivity contribution in [3.63, 3.8) is 0 Å². The first-order chi connectivity index (χ1) is 8.61. The molecule has 0 heterocycles. The van der Waals surface area contributed by atoms with Crippen LogP contribution in [0.15, 0.2) is 24.3 Å². The van der Waals surface area contributed by atoms with Crippen molar-refractivity contribution in [1.29, 1.82) is 0 Å². The van der Waals surface area contributed by atoms with Crippen molar-refractivity contribution >= 4 is 5.91 Å². The van der Waals surface area contributed by atoms with Gasteiger partial charge in [0.2, 0.25) is 5.91 Å². The topological polar surface area (TPSA) is 29.5 Å². The third-order valence-electron chi connectivity index (χ3n) is 3.27. The van der Waals surface area contributed by atoms with Gasteiger partial charge in [-0.1, -0.05) is 12.1 Å². The van der Waals surface area contributed by atoms with Gasteiger partial charge in [-0.3, -0.25) is 4.79 Å². The largest absolute Gasteiger partial charge is 0.497 e. The summed E-state index contributed by atoms with van der Waals surface area (Å²) in [6.45, 7) is 4.17. The third-order valence-corrected chi connectivity index (χ3v) is 3.27. The molecule has 98 valence electrons. The predicted octanol–water partition coefficient (Wildman–Crippen LogP) is 2.64. The van der Waals surface area contributed by atoms with E-state index in [2.05, 4.69) is 13.8 Å². The molecule has 1 aromatic rings. The zero-order valence-electron chi connectivity index (χ0n) is 11.3. The number of carbonyl (C=O) groups is 1. The number of amides is 1. The second-order valence-electron chi connectivity index (χ2n) is 5.15. The van der Waals surface area contributed by atoms with E-state index in [0.29, 0.717) is 12.5 Å². The summed E-state index contributed by atoms with van der Waals surface area (Å²) in [5.41, 5.74) is 1.02. The Morgan fingerprint density at radius 1 is 1.44 bits per heavy atom. The highest BCUT2D eigenvalue weighted by Crippen LogP contribution is 2.29. The number of rotatable bonds is 5. The molecule has 0 N–H and O–H groups in total. The van der Waals surface area contributed by atoms with E-state index >= 15 is 0 Å². The summed E-state index contributed by atoms with van der Waals surface area (Å²) < 4.78 is 5.18. The minimum absolute atomic E-state index is 0.223. The van der Waals surface area contributed by atoms with E-state index in [1.54, 1.807) is 7.11 Å². The van der Waals surface area contributed by atoms with Crippen molar-refractivity contribution in [3.05, 3.63) is 29.8 Å². The molecule has 0 unspecified atom stereocenters. The van der Waals surface area contributed by atoms with Gasteiger partial charge in [0.25, 0.3) is 0 Å². The molecule has 0 bridgehead atoms. The van der Waals surface area contributed by atoms with Gasteiger partial charge in [-0.15, -0.1) is 0 Å². The van der Waals surface area contributed by atoms with Gasteiger partial charge in [0.15, 0.2) is 0 Å². The first kappa shape index (κ1) is 12.9. The molecule has 1 fully saturated rings. The molecule has 18 heavy (non-hydrogen) atoms. The number of hydrogen-bond acceptors (Lipinski definition) is 2. The zero-order valence-corrected chi connectivity index (χ0v) is 11.3. The maximum Gasteiger partial charge on any atom is 0.227 e. The van der Waals surface area contributed by atoms with Gasteiger partial charge in [-0.05, 0) is 44.4 Å². The second-order valence-corrected chi connectivity index (χ2v) is 5.15. The van der Waals surface area contributed by atoms with Crippen LogP contribution in [0.25, 0.3) is 0 Å². The molecular formula is C15H21NO2. The second kappa shape index (κ2) is 5.42. The molecule has 0 aromatic heterocycles. The van der Waals surface area contributed by atoms with Crippen LogP contribution in [0.5, 0.6) is 5.75 Å². The average molecular weight is 247 g/mol. The van der Waals surface area contributed by atoms with E-state index in [1.165, 1.54) is 0 Å². The van der Waals surface area contributed by atoms with Crippen LogP contribution in [0.1, 0.15) is 32.3 Å². The maximum atomic E-state index is 12.3. The van der Waals surface area contributed by atoms with Crippen LogP contribution in [0, 0.1) is 0 Å². The summed E-state index contributed by atoms with van der Waals surface area (Å²) >= 11 is 0. The Balaban J connectivity index is 2.05. The Bertz CT molecular complexity index is 422. The fourth-order valence-electron chi connectivity index (χ4n) is 2.31. The summed E-state index contributed by atoms with van der Waals surface area (Å²) in [7, 11) is 1.64. The third kappa shape index (κ3) is 3.03. The number of benzene rings is 1. The lowest BCUT2D eigenvalue weighted by Crippen LogP contribution is -2.39. The van der Waals surface area contributed by atoms with Crippen LogP contribution in [0.3, 0.4) is 0 Å². The quantitative estimate of drug-likeness (QED) is 0.800. The summed E-state index contributed by atoms with van der Waals surface area (Å²) in [5, 5.41) is 0. The van der Waals surface area contributed by atoms with Crippen LogP contribution >= 0.6 is 0 Å². The smallest absolute Gasteiger partial charge is 0.227 e. The summed E-state index contributed by atoms with van der Waals surface area (Å²) in [6.07, 6.45) is 2.77. The van der Waals surface area contributed by atoms with E-state index in [9.17, 15) is 4.79 Å². The monoisotopic (exact) mass is 247 g/mol. The van der Waals surface area contributed by atoms with Gasteiger partial charge < -0.3 is 9.64 Å². The molecule has 1 aliphatic carbocycles. The van der Waals surface area contributed by atoms with E-state index in [0.717, 1.165) is 24.2 Å². The van der Waals surface area contributed by atoms with Crippen LogP contribution < -0.4 is 4.74 Å². The highest BCUT2D eigenvalue weighted by atomic mass is 16.5. The molecule has 1 aliphatic rings. The lowest BCUT2D eigenvalue weighted by molar-refractivity contribution is -0.132. The number of carbonyl (C=O) groups excluding carboxylic acids is 1. The molecule has 3 heteroatoms. The van der Waals surface area contributed by atoms with Gasteiger partial charge in [-0.2, -0.15) is 0 Å². The highest BCUT2D eigenvalue weighted by Gasteiger charge is 2.33. The predicted molar refractivity (Wildman–Crippen MR) is 71.7 cm³/mol. The van der Waals surface area contributed by atoms with Crippen molar-refractivity contribution in [2.45, 2.75) is 45.2 Å². The molecule has 1 saturated carbocycles. The van der Waals surface area contributed by atoms with Crippen molar-refractivity contribution in [2.24, 2.45) is 0 Å². The van der Waals surface area contributed by atoms with E-state index in [4.69, 9.17) is 4.74 Å². The summed E-state index contributed by atoms with van der Waals surface area (Å²) in [4.78, 5) is 14.3. The molecule has 3 nitrogen and oxygen atoms in total. The van der Waals surface area contributed by atoms with Gasteiger partial charge in [0.05, 0.1) is 13.5 Å². The molecule has 1 aromatic carbocycles.